The van der Waals surface area contributed by atoms with Crippen LogP contribution in [0.15, 0.2) is 0 Å². The van der Waals surface area contributed by atoms with Gasteiger partial charge in [0.1, 0.15) is 0 Å². The van der Waals surface area contributed by atoms with Gasteiger partial charge in [0.05, 0.1) is 0 Å². The second-order valence-corrected chi connectivity index (χ2v) is 4.07. The van der Waals surface area contributed by atoms with Crippen LogP contribution in [0.4, 0.5) is 0 Å². The van der Waals surface area contributed by atoms with Gasteiger partial charge in [-0.1, -0.05) is 13.3 Å². The molecule has 3 heteroatoms. The van der Waals surface area contributed by atoms with E-state index in [0.29, 0.717) is 0 Å². The minimum absolute atomic E-state index is 0. The van der Waals surface area contributed by atoms with Crippen LogP contribution in [0, 0.1) is 3.74 Å². The second-order valence-electron chi connectivity index (χ2n) is 1.09. The molecule has 0 N–H and O–H groups in total. The Bertz CT molecular complexity index is 30.9. The van der Waals surface area contributed by atoms with Gasteiger partial charge in [0.15, 0.2) is 0 Å². The van der Waals surface area contributed by atoms with E-state index in [9.17, 15) is 0 Å². The van der Waals surface area contributed by atoms with Gasteiger partial charge in [-0.15, -0.1) is 0 Å². The van der Waals surface area contributed by atoms with Gasteiger partial charge in [-0.05, 0) is 0 Å². The van der Waals surface area contributed by atoms with E-state index in [2.05, 4.69) is 38.8 Å². The van der Waals surface area contributed by atoms with Crippen molar-refractivity contribution >= 4 is 31.9 Å². The van der Waals surface area contributed by atoms with Gasteiger partial charge < -0.3 is 31.9 Å². The summed E-state index contributed by atoms with van der Waals surface area (Å²) in [5.41, 5.74) is 0. The summed E-state index contributed by atoms with van der Waals surface area (Å²) in [5, 5.41) is 0. The first-order valence-electron chi connectivity index (χ1n) is 1.94. The van der Waals surface area contributed by atoms with Crippen molar-refractivity contribution in [3.63, 3.8) is 0 Å². The van der Waals surface area contributed by atoms with Crippen molar-refractivity contribution in [3.8, 4) is 0 Å². The van der Waals surface area contributed by atoms with Crippen molar-refractivity contribution in [3.05, 3.63) is 3.74 Å². The molecule has 0 aliphatic heterocycles. The summed E-state index contributed by atoms with van der Waals surface area (Å²) in [6, 6.07) is 0. The normalized spacial score (nSPS) is 8.57. The van der Waals surface area contributed by atoms with Crippen LogP contribution in [0.25, 0.3) is 0 Å². The molecule has 0 aromatic carbocycles. The third kappa shape index (κ3) is 11.2. The molecule has 0 fully saturated rings. The third-order valence-electron chi connectivity index (χ3n) is 0.439. The Hall–Kier alpha value is 1.56. The Morgan fingerprint density at radius 2 is 1.86 bits per heavy atom. The first kappa shape index (κ1) is 11.4. The predicted molar refractivity (Wildman–Crippen MR) is 36.0 cm³/mol. The molecular weight excluding hydrogens is 215 g/mol. The molecule has 0 heterocycles. The van der Waals surface area contributed by atoms with E-state index in [1.165, 1.54) is 6.42 Å². The molecule has 0 aromatic heterocycles. The summed E-state index contributed by atoms with van der Waals surface area (Å²) in [4.78, 5) is 0. The standard InChI is InChI=1S/C4H7Br2.Li/c1-2-3-4(5)6;/h2-3H2,1H3;/q-1;+1. The van der Waals surface area contributed by atoms with Crippen LogP contribution in [-0.2, 0) is 0 Å². The molecule has 0 unspecified atom stereocenters. The molecule has 0 aliphatic carbocycles. The van der Waals surface area contributed by atoms with Gasteiger partial charge in [0.2, 0.25) is 0 Å². The molecule has 0 saturated carbocycles. The van der Waals surface area contributed by atoms with Gasteiger partial charge in [0, 0.05) is 0 Å². The van der Waals surface area contributed by atoms with Gasteiger partial charge >= 0.3 is 18.9 Å². The maximum atomic E-state index is 3.27. The average molecular weight is 222 g/mol. The maximum Gasteiger partial charge on any atom is 1.00 e. The minimum atomic E-state index is 0. The molecule has 0 bridgehead atoms. The van der Waals surface area contributed by atoms with Gasteiger partial charge in [0.25, 0.3) is 0 Å². The Balaban J connectivity index is 0. The summed E-state index contributed by atoms with van der Waals surface area (Å²) in [7, 11) is 0. The summed E-state index contributed by atoms with van der Waals surface area (Å²) in [5.74, 6) is 0. The quantitative estimate of drug-likeness (QED) is 0.458. The molecule has 38 valence electrons. The van der Waals surface area contributed by atoms with Crippen molar-refractivity contribution in [2.24, 2.45) is 0 Å². The van der Waals surface area contributed by atoms with Gasteiger partial charge in [-0.3, -0.25) is 0 Å². The first-order valence-corrected chi connectivity index (χ1v) is 3.52. The Morgan fingerprint density at radius 1 is 1.43 bits per heavy atom. The van der Waals surface area contributed by atoms with E-state index in [0.717, 1.165) is 10.2 Å². The first-order chi connectivity index (χ1) is 2.77. The summed E-state index contributed by atoms with van der Waals surface area (Å²) >= 11 is 6.54. The van der Waals surface area contributed by atoms with Crippen LogP contribution in [0.5, 0.6) is 0 Å². The van der Waals surface area contributed by atoms with Crippen LogP contribution in [0.1, 0.15) is 19.8 Å². The number of hydrogen-bond acceptors (Lipinski definition) is 0. The SMILES string of the molecule is CCC[C-](Br)Br.[Li+]. The van der Waals surface area contributed by atoms with Gasteiger partial charge in [-0.25, -0.2) is 0 Å². The molecule has 0 spiro atoms. The van der Waals surface area contributed by atoms with Crippen LogP contribution in [-0.4, -0.2) is 0 Å². The molecule has 0 aliphatic rings. The van der Waals surface area contributed by atoms with E-state index < -0.39 is 0 Å². The number of hydrogen-bond donors (Lipinski definition) is 0. The van der Waals surface area contributed by atoms with Crippen molar-refractivity contribution in [1.82, 2.24) is 0 Å². The smallest absolute Gasteiger partial charge is 0.305 e. The monoisotopic (exact) mass is 220 g/mol. The zero-order chi connectivity index (χ0) is 4.99. The molecule has 0 radical (unpaired) electrons. The van der Waals surface area contributed by atoms with E-state index in [1.54, 1.807) is 0 Å². The van der Waals surface area contributed by atoms with Crippen molar-refractivity contribution in [1.29, 1.82) is 0 Å². The predicted octanol–water partition coefficient (Wildman–Crippen LogP) is 0.0698. The zero-order valence-corrected chi connectivity index (χ0v) is 7.84. The number of rotatable bonds is 2. The Kier molecular flexibility index (Phi) is 12.3. The number of halogens is 2. The summed E-state index contributed by atoms with van der Waals surface area (Å²) in [6.45, 7) is 2.14. The topological polar surface area (TPSA) is 0 Å². The molecule has 0 rings (SSSR count). The fraction of sp³-hybridized carbons (Fsp3) is 0.750. The van der Waals surface area contributed by atoms with Crippen molar-refractivity contribution in [2.75, 3.05) is 0 Å². The minimum Gasteiger partial charge on any atom is -0.305 e. The molecular formula is C4H7Br2Li. The van der Waals surface area contributed by atoms with Crippen molar-refractivity contribution in [2.45, 2.75) is 19.8 Å². The van der Waals surface area contributed by atoms with Gasteiger partial charge in [-0.2, -0.15) is 10.2 Å². The summed E-state index contributed by atoms with van der Waals surface area (Å²) < 4.78 is 1.16. The second kappa shape index (κ2) is 7.56. The van der Waals surface area contributed by atoms with Crippen LogP contribution in [0.3, 0.4) is 0 Å². The summed E-state index contributed by atoms with van der Waals surface area (Å²) in [6.07, 6.45) is 2.33. The molecule has 0 amide bonds. The fourth-order valence-corrected chi connectivity index (χ4v) is 0.982. The van der Waals surface area contributed by atoms with Crippen LogP contribution in [0.2, 0.25) is 0 Å². The van der Waals surface area contributed by atoms with E-state index in [4.69, 9.17) is 0 Å². The van der Waals surface area contributed by atoms with Crippen LogP contribution < -0.4 is 18.9 Å². The van der Waals surface area contributed by atoms with E-state index in [-0.39, 0.29) is 18.9 Å². The molecule has 7 heavy (non-hydrogen) atoms. The average Bonchev–Trinajstić information content (AvgIpc) is 1.35. The largest absolute Gasteiger partial charge is 1.00 e. The Morgan fingerprint density at radius 3 is 1.86 bits per heavy atom. The fourth-order valence-electron chi connectivity index (χ4n) is 0.189. The van der Waals surface area contributed by atoms with Crippen molar-refractivity contribution < 1.29 is 18.9 Å². The molecule has 0 aromatic rings. The van der Waals surface area contributed by atoms with E-state index in [1.807, 2.05) is 0 Å². The Labute approximate surface area is 73.9 Å². The third-order valence-corrected chi connectivity index (χ3v) is 1.23. The van der Waals surface area contributed by atoms with E-state index >= 15 is 0 Å². The maximum absolute atomic E-state index is 3.27. The molecule has 0 atom stereocenters. The molecule has 0 saturated heterocycles. The zero-order valence-electron chi connectivity index (χ0n) is 4.67. The van der Waals surface area contributed by atoms with Crippen LogP contribution >= 0.6 is 31.9 Å². The molecule has 0 nitrogen and oxygen atoms in total.